The highest BCUT2D eigenvalue weighted by Gasteiger charge is 2.43. The number of aryl methyl sites for hydroxylation is 1. The van der Waals surface area contributed by atoms with Crippen molar-refractivity contribution in [1.82, 2.24) is 20.9 Å². The quantitative estimate of drug-likeness (QED) is 0.102. The van der Waals surface area contributed by atoms with Crippen LogP contribution >= 0.6 is 0 Å². The van der Waals surface area contributed by atoms with Crippen molar-refractivity contribution in [3.05, 3.63) is 149 Å². The van der Waals surface area contributed by atoms with Crippen molar-refractivity contribution in [1.29, 1.82) is 0 Å². The zero-order chi connectivity index (χ0) is 43.0. The van der Waals surface area contributed by atoms with Crippen molar-refractivity contribution >= 4 is 23.8 Å². The molecule has 1 saturated heterocycles. The molecule has 1 heterocycles. The van der Waals surface area contributed by atoms with Gasteiger partial charge in [-0.3, -0.25) is 14.4 Å². The van der Waals surface area contributed by atoms with Crippen molar-refractivity contribution < 1.29 is 43.2 Å². The largest absolute Gasteiger partial charge is 0.497 e. The van der Waals surface area contributed by atoms with Crippen LogP contribution in [0.5, 0.6) is 17.2 Å². The Balaban J connectivity index is 1.01. The van der Waals surface area contributed by atoms with E-state index in [1.165, 1.54) is 26.0 Å². The van der Waals surface area contributed by atoms with E-state index < -0.39 is 42.1 Å². The summed E-state index contributed by atoms with van der Waals surface area (Å²) >= 11 is 0. The van der Waals surface area contributed by atoms with Crippen LogP contribution in [0.4, 0.5) is 4.79 Å². The Morgan fingerprint density at radius 2 is 1.46 bits per heavy atom. The molecule has 1 fully saturated rings. The van der Waals surface area contributed by atoms with E-state index in [0.29, 0.717) is 34.9 Å². The van der Waals surface area contributed by atoms with Gasteiger partial charge in [0.05, 0.1) is 26.4 Å². The maximum Gasteiger partial charge on any atom is 0.407 e. The summed E-state index contributed by atoms with van der Waals surface area (Å²) in [6.45, 7) is 3.86. The van der Waals surface area contributed by atoms with Gasteiger partial charge in [0, 0.05) is 30.6 Å². The van der Waals surface area contributed by atoms with E-state index in [0.717, 1.165) is 33.4 Å². The minimum absolute atomic E-state index is 0.0708. The lowest BCUT2D eigenvalue weighted by Gasteiger charge is -2.30. The van der Waals surface area contributed by atoms with Crippen LogP contribution in [0.1, 0.15) is 58.7 Å². The average molecular weight is 827 g/mol. The summed E-state index contributed by atoms with van der Waals surface area (Å²) in [5, 5.41) is 19.7. The predicted octanol–water partition coefficient (Wildman–Crippen LogP) is 5.80. The molecular weight excluding hydrogens is 777 g/mol. The van der Waals surface area contributed by atoms with Crippen molar-refractivity contribution in [2.75, 3.05) is 34.0 Å². The molecule has 0 saturated carbocycles. The first-order valence-electron chi connectivity index (χ1n) is 20.2. The molecule has 2 aliphatic rings. The number of carbonyl (C=O) groups excluding carboxylic acids is 4. The van der Waals surface area contributed by atoms with Gasteiger partial charge in [-0.15, -0.1) is 0 Å². The first-order chi connectivity index (χ1) is 29.5. The van der Waals surface area contributed by atoms with E-state index in [-0.39, 0.29) is 38.0 Å². The van der Waals surface area contributed by atoms with Crippen molar-refractivity contribution in [3.63, 3.8) is 0 Å². The second-order valence-electron chi connectivity index (χ2n) is 15.2. The van der Waals surface area contributed by atoms with E-state index >= 15 is 0 Å². The molecule has 5 aromatic rings. The Morgan fingerprint density at radius 3 is 2.11 bits per heavy atom. The summed E-state index contributed by atoms with van der Waals surface area (Å²) < 4.78 is 22.6. The molecule has 1 aliphatic carbocycles. The van der Waals surface area contributed by atoms with E-state index in [1.807, 2.05) is 79.7 Å². The fraction of sp³-hybridized carbons (Fsp3) is 0.292. The summed E-state index contributed by atoms with van der Waals surface area (Å²) in [5.74, 6) is -0.204. The molecule has 0 aromatic heterocycles. The minimum atomic E-state index is -1.26. The number of benzene rings is 5. The van der Waals surface area contributed by atoms with Crippen LogP contribution in [-0.2, 0) is 25.7 Å². The monoisotopic (exact) mass is 826 g/mol. The molecule has 13 nitrogen and oxygen atoms in total. The standard InChI is InChI=1S/C48H50N4O9/c1-29-13-15-31(16-14-29)26-49-43(54)28-60-33-19-17-32(18-20-33)44(39-22-21-34(58-3)25-42(39)59-4)51-46(55)45-41(53)23-24-52(45)47(56)30(2)50-48(57)61-27-40-37-11-7-5-9-35(37)36-10-6-8-12-38(36)40/h5-22,25,30,40-41,44-45,53H,23-24,26-28H2,1-4H3,(H,49,54)(H,50,57)(H,51,55)/t30?,41-,44?,45-/m0/s1. The molecule has 2 unspecified atom stereocenters. The van der Waals surface area contributed by atoms with Gasteiger partial charge in [0.25, 0.3) is 5.91 Å². The topological polar surface area (TPSA) is 165 Å². The van der Waals surface area contributed by atoms with Crippen LogP contribution in [0.3, 0.4) is 0 Å². The molecule has 4 atom stereocenters. The fourth-order valence-electron chi connectivity index (χ4n) is 7.96. The molecule has 316 valence electrons. The highest BCUT2D eigenvalue weighted by atomic mass is 16.5. The van der Waals surface area contributed by atoms with Crippen LogP contribution in [0.25, 0.3) is 11.1 Å². The maximum atomic E-state index is 14.3. The van der Waals surface area contributed by atoms with Gasteiger partial charge in [-0.25, -0.2) is 4.79 Å². The number of rotatable bonds is 15. The number of hydrogen-bond donors (Lipinski definition) is 4. The van der Waals surface area contributed by atoms with Crippen LogP contribution in [0.15, 0.2) is 115 Å². The highest BCUT2D eigenvalue weighted by Crippen LogP contribution is 2.44. The Labute approximate surface area is 355 Å². The van der Waals surface area contributed by atoms with Gasteiger partial charge in [-0.1, -0.05) is 90.5 Å². The number of ether oxygens (including phenoxy) is 4. The molecule has 5 aromatic carbocycles. The number of nitrogens with one attached hydrogen (secondary N) is 3. The number of fused-ring (bicyclic) bond motifs is 3. The van der Waals surface area contributed by atoms with Gasteiger partial charge in [0.1, 0.15) is 35.9 Å². The van der Waals surface area contributed by atoms with Crippen LogP contribution < -0.4 is 30.2 Å². The third-order valence-corrected chi connectivity index (χ3v) is 11.2. The van der Waals surface area contributed by atoms with Crippen LogP contribution in [0, 0.1) is 6.92 Å². The number of methoxy groups -OCH3 is 2. The van der Waals surface area contributed by atoms with Gasteiger partial charge >= 0.3 is 6.09 Å². The van der Waals surface area contributed by atoms with Gasteiger partial charge in [-0.05, 0) is 77.9 Å². The van der Waals surface area contributed by atoms with Crippen molar-refractivity contribution in [3.8, 4) is 28.4 Å². The first-order valence-corrected chi connectivity index (χ1v) is 20.2. The number of aliphatic hydroxyl groups is 1. The number of likely N-dealkylation sites (tertiary alicyclic amines) is 1. The van der Waals surface area contributed by atoms with Crippen molar-refractivity contribution in [2.45, 2.75) is 57.0 Å². The Bertz CT molecular complexity index is 2320. The van der Waals surface area contributed by atoms with Gasteiger partial charge < -0.3 is 44.9 Å². The lowest BCUT2D eigenvalue weighted by atomic mass is 9.96. The molecule has 13 heteroatoms. The summed E-state index contributed by atoms with van der Waals surface area (Å²) in [4.78, 5) is 55.1. The number of nitrogens with zero attached hydrogens (tertiary/aromatic N) is 1. The lowest BCUT2D eigenvalue weighted by molar-refractivity contribution is -0.141. The van der Waals surface area contributed by atoms with Gasteiger partial charge in [-0.2, -0.15) is 0 Å². The number of alkyl carbamates (subject to hydrolysis) is 1. The zero-order valence-corrected chi connectivity index (χ0v) is 34.6. The molecule has 0 bridgehead atoms. The number of hydrogen-bond acceptors (Lipinski definition) is 9. The number of amides is 4. The second kappa shape index (κ2) is 19.0. The van der Waals surface area contributed by atoms with Crippen LogP contribution in [-0.4, -0.2) is 86.0 Å². The summed E-state index contributed by atoms with van der Waals surface area (Å²) in [7, 11) is 3.04. The maximum absolute atomic E-state index is 14.3. The van der Waals surface area contributed by atoms with E-state index in [1.54, 1.807) is 42.5 Å². The highest BCUT2D eigenvalue weighted by molar-refractivity contribution is 5.92. The Morgan fingerprint density at radius 1 is 0.803 bits per heavy atom. The predicted molar refractivity (Wildman–Crippen MR) is 228 cm³/mol. The minimum Gasteiger partial charge on any atom is -0.497 e. The smallest absolute Gasteiger partial charge is 0.407 e. The molecular formula is C48H50N4O9. The summed E-state index contributed by atoms with van der Waals surface area (Å²) in [5.41, 5.74) is 7.63. The second-order valence-corrected chi connectivity index (χ2v) is 15.2. The van der Waals surface area contributed by atoms with Crippen LogP contribution in [0.2, 0.25) is 0 Å². The van der Waals surface area contributed by atoms with Gasteiger partial charge in [0.2, 0.25) is 11.8 Å². The normalized spacial score (nSPS) is 16.4. The summed E-state index contributed by atoms with van der Waals surface area (Å²) in [6.07, 6.45) is -1.79. The lowest BCUT2D eigenvalue weighted by Crippen LogP contribution is -2.55. The zero-order valence-electron chi connectivity index (χ0n) is 34.6. The summed E-state index contributed by atoms with van der Waals surface area (Å²) in [6, 6.07) is 32.8. The fourth-order valence-corrected chi connectivity index (χ4v) is 7.96. The van der Waals surface area contributed by atoms with E-state index in [9.17, 15) is 24.3 Å². The number of aliphatic hydroxyl groups excluding tert-OH is 1. The molecule has 0 spiro atoms. The molecule has 1 aliphatic heterocycles. The van der Waals surface area contributed by atoms with E-state index in [2.05, 4.69) is 16.0 Å². The molecule has 61 heavy (non-hydrogen) atoms. The third-order valence-electron chi connectivity index (χ3n) is 11.2. The van der Waals surface area contributed by atoms with E-state index in [4.69, 9.17) is 18.9 Å². The first kappa shape index (κ1) is 42.3. The molecule has 4 N–H and O–H groups in total. The third kappa shape index (κ3) is 9.63. The Hall–Kier alpha value is -6.86. The Kier molecular flexibility index (Phi) is 13.2. The molecule has 7 rings (SSSR count). The molecule has 0 radical (unpaired) electrons. The number of carbonyl (C=O) groups is 4. The van der Waals surface area contributed by atoms with Gasteiger partial charge in [0.15, 0.2) is 6.61 Å². The molecule has 4 amide bonds. The van der Waals surface area contributed by atoms with Crippen molar-refractivity contribution in [2.24, 2.45) is 0 Å². The SMILES string of the molecule is COc1ccc(C(NC(=O)[C@@H]2[C@@H](O)CCN2C(=O)C(C)NC(=O)OCC2c3ccccc3-c3ccccc32)c2ccc(OCC(=O)NCc3ccc(C)cc3)cc2)c(OC)c1. The average Bonchev–Trinajstić information content (AvgIpc) is 3.83.